The SMILES string of the molecule is CCCSCc1nc(Cl)cc(Cl)n1. The largest absolute Gasteiger partial charge is 0.220 e. The number of aromatic nitrogens is 2. The Balaban J connectivity index is 2.56. The quantitative estimate of drug-likeness (QED) is 0.592. The molecule has 0 spiro atoms. The first-order valence-electron chi connectivity index (χ1n) is 3.99. The molecule has 1 aromatic rings. The van der Waals surface area contributed by atoms with Gasteiger partial charge in [-0.1, -0.05) is 30.1 Å². The molecule has 0 N–H and O–H groups in total. The van der Waals surface area contributed by atoms with Crippen molar-refractivity contribution in [3.63, 3.8) is 0 Å². The Kier molecular flexibility index (Phi) is 4.84. The molecule has 5 heteroatoms. The monoisotopic (exact) mass is 236 g/mol. The van der Waals surface area contributed by atoms with Crippen LogP contribution in [0.3, 0.4) is 0 Å². The van der Waals surface area contributed by atoms with Crippen LogP contribution in [0.5, 0.6) is 0 Å². The van der Waals surface area contributed by atoms with Gasteiger partial charge in [0.1, 0.15) is 16.1 Å². The van der Waals surface area contributed by atoms with E-state index in [1.807, 2.05) is 0 Å². The minimum absolute atomic E-state index is 0.409. The molecule has 0 aliphatic rings. The van der Waals surface area contributed by atoms with Gasteiger partial charge in [-0.15, -0.1) is 0 Å². The van der Waals surface area contributed by atoms with Crippen LogP contribution in [0.2, 0.25) is 10.3 Å². The lowest BCUT2D eigenvalue weighted by Gasteiger charge is -2.00. The van der Waals surface area contributed by atoms with Crippen LogP contribution < -0.4 is 0 Å². The lowest BCUT2D eigenvalue weighted by Crippen LogP contribution is -1.93. The van der Waals surface area contributed by atoms with E-state index >= 15 is 0 Å². The minimum Gasteiger partial charge on any atom is -0.220 e. The second kappa shape index (κ2) is 5.68. The summed E-state index contributed by atoms with van der Waals surface area (Å²) in [5.74, 6) is 2.58. The van der Waals surface area contributed by atoms with E-state index in [9.17, 15) is 0 Å². The molecule has 0 unspecified atom stereocenters. The predicted molar refractivity (Wildman–Crippen MR) is 58.5 cm³/mol. The molecule has 0 atom stereocenters. The standard InChI is InChI=1S/C8H10Cl2N2S/c1-2-3-13-5-8-11-6(9)4-7(10)12-8/h4H,2-3,5H2,1H3. The molecule has 0 amide bonds. The molecule has 1 heterocycles. The van der Waals surface area contributed by atoms with Crippen LogP contribution >= 0.6 is 35.0 Å². The van der Waals surface area contributed by atoms with Gasteiger partial charge in [0.25, 0.3) is 0 Å². The van der Waals surface area contributed by atoms with Crippen LogP contribution in [-0.2, 0) is 5.75 Å². The molecule has 2 nitrogen and oxygen atoms in total. The minimum atomic E-state index is 0.409. The number of hydrogen-bond donors (Lipinski definition) is 0. The summed E-state index contributed by atoms with van der Waals surface area (Å²) in [6, 6.07) is 1.54. The fourth-order valence-corrected chi connectivity index (χ4v) is 2.01. The highest BCUT2D eigenvalue weighted by Crippen LogP contribution is 2.15. The number of hydrogen-bond acceptors (Lipinski definition) is 3. The summed E-state index contributed by atoms with van der Waals surface area (Å²) in [4.78, 5) is 8.11. The zero-order valence-electron chi connectivity index (χ0n) is 7.26. The van der Waals surface area contributed by atoms with Crippen molar-refractivity contribution in [1.82, 2.24) is 9.97 Å². The molecular weight excluding hydrogens is 227 g/mol. The third-order valence-corrected chi connectivity index (χ3v) is 2.84. The van der Waals surface area contributed by atoms with Crippen molar-refractivity contribution in [2.75, 3.05) is 5.75 Å². The maximum atomic E-state index is 5.72. The van der Waals surface area contributed by atoms with Crippen LogP contribution in [0.25, 0.3) is 0 Å². The molecule has 0 saturated carbocycles. The van der Waals surface area contributed by atoms with Crippen molar-refractivity contribution < 1.29 is 0 Å². The summed E-state index contributed by atoms with van der Waals surface area (Å²) >= 11 is 13.2. The second-order valence-corrected chi connectivity index (χ2v) is 4.36. The Labute approximate surface area is 92.1 Å². The second-order valence-electron chi connectivity index (χ2n) is 2.48. The zero-order valence-corrected chi connectivity index (χ0v) is 9.59. The number of rotatable bonds is 4. The predicted octanol–water partition coefficient (Wildman–Crippen LogP) is 3.43. The fraction of sp³-hybridized carbons (Fsp3) is 0.500. The van der Waals surface area contributed by atoms with E-state index < -0.39 is 0 Å². The molecular formula is C8H10Cl2N2S. The Morgan fingerprint density at radius 3 is 2.46 bits per heavy atom. The number of thioether (sulfide) groups is 1. The molecule has 72 valence electrons. The summed E-state index contributed by atoms with van der Waals surface area (Å²) in [7, 11) is 0. The molecule has 0 radical (unpaired) electrons. The Hall–Kier alpha value is 0.01000. The van der Waals surface area contributed by atoms with Crippen molar-refractivity contribution in [3.05, 3.63) is 22.2 Å². The average Bonchev–Trinajstić information content (AvgIpc) is 2.03. The normalized spacial score (nSPS) is 10.4. The summed E-state index contributed by atoms with van der Waals surface area (Å²) in [6.45, 7) is 2.14. The van der Waals surface area contributed by atoms with Gasteiger partial charge in [-0.3, -0.25) is 0 Å². The smallest absolute Gasteiger partial charge is 0.141 e. The van der Waals surface area contributed by atoms with Crippen molar-refractivity contribution in [1.29, 1.82) is 0 Å². The summed E-state index contributed by atoms with van der Waals surface area (Å²) in [5, 5.41) is 0.819. The van der Waals surface area contributed by atoms with Gasteiger partial charge in [0.2, 0.25) is 0 Å². The fourth-order valence-electron chi connectivity index (χ4n) is 0.807. The maximum absolute atomic E-state index is 5.72. The molecule has 0 aromatic carbocycles. The molecule has 0 saturated heterocycles. The number of nitrogens with zero attached hydrogens (tertiary/aromatic N) is 2. The molecule has 1 aromatic heterocycles. The van der Waals surface area contributed by atoms with E-state index in [-0.39, 0.29) is 0 Å². The third-order valence-electron chi connectivity index (χ3n) is 1.29. The summed E-state index contributed by atoms with van der Waals surface area (Å²) < 4.78 is 0. The van der Waals surface area contributed by atoms with Gasteiger partial charge in [0.15, 0.2) is 0 Å². The van der Waals surface area contributed by atoms with E-state index in [0.29, 0.717) is 16.1 Å². The van der Waals surface area contributed by atoms with Gasteiger partial charge in [-0.2, -0.15) is 11.8 Å². The highest BCUT2D eigenvalue weighted by molar-refractivity contribution is 7.98. The molecule has 0 bridgehead atoms. The Bertz CT molecular complexity index is 261. The van der Waals surface area contributed by atoms with E-state index in [1.165, 1.54) is 6.07 Å². The van der Waals surface area contributed by atoms with E-state index in [0.717, 1.165) is 17.9 Å². The molecule has 13 heavy (non-hydrogen) atoms. The summed E-state index contributed by atoms with van der Waals surface area (Å²) in [6.07, 6.45) is 1.15. The first-order chi connectivity index (χ1) is 6.22. The Morgan fingerprint density at radius 2 is 1.92 bits per heavy atom. The van der Waals surface area contributed by atoms with Crippen molar-refractivity contribution in [2.24, 2.45) is 0 Å². The third kappa shape index (κ3) is 4.16. The van der Waals surface area contributed by atoms with Crippen LogP contribution in [0, 0.1) is 0 Å². The first kappa shape index (κ1) is 11.1. The number of halogens is 2. The van der Waals surface area contributed by atoms with E-state index in [1.54, 1.807) is 11.8 Å². The molecule has 0 aliphatic heterocycles. The molecule has 1 rings (SSSR count). The topological polar surface area (TPSA) is 25.8 Å². The van der Waals surface area contributed by atoms with Crippen molar-refractivity contribution in [3.8, 4) is 0 Å². The highest BCUT2D eigenvalue weighted by atomic mass is 35.5. The Morgan fingerprint density at radius 1 is 1.31 bits per heavy atom. The molecule has 0 fully saturated rings. The van der Waals surface area contributed by atoms with Gasteiger partial charge in [-0.25, -0.2) is 9.97 Å². The van der Waals surface area contributed by atoms with Gasteiger partial charge < -0.3 is 0 Å². The van der Waals surface area contributed by atoms with Gasteiger partial charge >= 0.3 is 0 Å². The van der Waals surface area contributed by atoms with Gasteiger partial charge in [0.05, 0.1) is 5.75 Å². The van der Waals surface area contributed by atoms with Gasteiger partial charge in [-0.05, 0) is 12.2 Å². The van der Waals surface area contributed by atoms with E-state index in [4.69, 9.17) is 23.2 Å². The van der Waals surface area contributed by atoms with Gasteiger partial charge in [0, 0.05) is 6.07 Å². The van der Waals surface area contributed by atoms with Crippen LogP contribution in [-0.4, -0.2) is 15.7 Å². The van der Waals surface area contributed by atoms with E-state index in [2.05, 4.69) is 16.9 Å². The van der Waals surface area contributed by atoms with Crippen LogP contribution in [0.4, 0.5) is 0 Å². The summed E-state index contributed by atoms with van der Waals surface area (Å²) in [5.41, 5.74) is 0. The molecule has 0 aliphatic carbocycles. The van der Waals surface area contributed by atoms with Crippen molar-refractivity contribution >= 4 is 35.0 Å². The lowest BCUT2D eigenvalue weighted by molar-refractivity contribution is 1.03. The van der Waals surface area contributed by atoms with Crippen LogP contribution in [0.15, 0.2) is 6.07 Å². The lowest BCUT2D eigenvalue weighted by atomic mass is 10.6. The zero-order chi connectivity index (χ0) is 9.68. The van der Waals surface area contributed by atoms with Crippen molar-refractivity contribution in [2.45, 2.75) is 19.1 Å². The maximum Gasteiger partial charge on any atom is 0.141 e. The highest BCUT2D eigenvalue weighted by Gasteiger charge is 2.00. The average molecular weight is 237 g/mol. The first-order valence-corrected chi connectivity index (χ1v) is 5.90. The van der Waals surface area contributed by atoms with Crippen LogP contribution in [0.1, 0.15) is 19.2 Å².